The molecule has 0 aliphatic carbocycles. The molecule has 4 heterocycles. The van der Waals surface area contributed by atoms with E-state index in [1.54, 1.807) is 6.20 Å². The minimum atomic E-state index is -4.77. The van der Waals surface area contributed by atoms with Crippen molar-refractivity contribution in [3.8, 4) is 11.3 Å². The molecule has 2 aromatic heterocycles. The van der Waals surface area contributed by atoms with Gasteiger partial charge in [-0.05, 0) is 37.8 Å². The van der Waals surface area contributed by atoms with Crippen molar-refractivity contribution in [2.45, 2.75) is 57.4 Å². The van der Waals surface area contributed by atoms with Gasteiger partial charge in [-0.2, -0.15) is 13.2 Å². The molecule has 1 aromatic carbocycles. The Morgan fingerprint density at radius 1 is 1.05 bits per heavy atom. The second-order valence-electron chi connectivity index (χ2n) is 10.2. The second-order valence-corrected chi connectivity index (χ2v) is 10.2. The number of halogens is 5. The fourth-order valence-electron chi connectivity index (χ4n) is 5.59. The average molecular weight is 550 g/mol. The Morgan fingerprint density at radius 2 is 1.82 bits per heavy atom. The Labute approximate surface area is 223 Å². The number of anilines is 2. The number of hydrogen-bond acceptors (Lipinski definition) is 6. The summed E-state index contributed by atoms with van der Waals surface area (Å²) in [7, 11) is 0. The Hall–Kier alpha value is -3.28. The maximum Gasteiger partial charge on any atom is 0.419 e. The van der Waals surface area contributed by atoms with Gasteiger partial charge in [-0.3, -0.25) is 4.90 Å². The molecule has 39 heavy (non-hydrogen) atoms. The van der Waals surface area contributed by atoms with E-state index in [9.17, 15) is 22.0 Å². The highest BCUT2D eigenvalue weighted by Gasteiger charge is 2.34. The van der Waals surface area contributed by atoms with E-state index in [-0.39, 0.29) is 11.5 Å². The lowest BCUT2D eigenvalue weighted by Crippen LogP contribution is -2.35. The predicted molar refractivity (Wildman–Crippen MR) is 139 cm³/mol. The summed E-state index contributed by atoms with van der Waals surface area (Å²) in [5.41, 5.74) is 6.38. The van der Waals surface area contributed by atoms with E-state index in [1.807, 2.05) is 11.5 Å². The summed E-state index contributed by atoms with van der Waals surface area (Å²) >= 11 is 0. The van der Waals surface area contributed by atoms with Crippen LogP contribution in [0.15, 0.2) is 30.7 Å². The molecular formula is C27H32F5N7. The maximum absolute atomic E-state index is 14.4. The zero-order valence-corrected chi connectivity index (χ0v) is 21.8. The smallest absolute Gasteiger partial charge is 0.383 e. The van der Waals surface area contributed by atoms with Crippen molar-refractivity contribution < 1.29 is 22.0 Å². The van der Waals surface area contributed by atoms with Gasteiger partial charge < -0.3 is 15.2 Å². The van der Waals surface area contributed by atoms with Crippen LogP contribution in [0.25, 0.3) is 11.3 Å². The van der Waals surface area contributed by atoms with E-state index in [0.29, 0.717) is 44.1 Å². The molecule has 0 saturated carbocycles. The number of benzene rings is 1. The van der Waals surface area contributed by atoms with Gasteiger partial charge in [0.2, 0.25) is 0 Å². The van der Waals surface area contributed by atoms with Gasteiger partial charge in [-0.25, -0.2) is 23.7 Å². The number of aromatic nitrogens is 4. The van der Waals surface area contributed by atoms with Gasteiger partial charge in [0, 0.05) is 62.5 Å². The van der Waals surface area contributed by atoms with Crippen molar-refractivity contribution in [1.29, 1.82) is 0 Å². The van der Waals surface area contributed by atoms with Crippen molar-refractivity contribution in [1.82, 2.24) is 24.4 Å². The van der Waals surface area contributed by atoms with Crippen LogP contribution in [0.5, 0.6) is 0 Å². The van der Waals surface area contributed by atoms with Crippen LogP contribution in [0.2, 0.25) is 0 Å². The van der Waals surface area contributed by atoms with E-state index >= 15 is 0 Å². The third kappa shape index (κ3) is 5.85. The average Bonchev–Trinajstić information content (AvgIpc) is 3.52. The van der Waals surface area contributed by atoms with Crippen molar-refractivity contribution in [3.63, 3.8) is 0 Å². The molecule has 0 spiro atoms. The molecule has 7 nitrogen and oxygen atoms in total. The van der Waals surface area contributed by atoms with Crippen molar-refractivity contribution in [2.75, 3.05) is 43.4 Å². The number of imidazole rings is 1. The Bertz CT molecular complexity index is 1300. The van der Waals surface area contributed by atoms with Gasteiger partial charge >= 0.3 is 6.18 Å². The van der Waals surface area contributed by atoms with Gasteiger partial charge in [-0.1, -0.05) is 13.0 Å². The third-order valence-corrected chi connectivity index (χ3v) is 7.72. The molecule has 2 aliphatic heterocycles. The second kappa shape index (κ2) is 11.1. The van der Waals surface area contributed by atoms with Crippen LogP contribution < -0.4 is 10.6 Å². The molecule has 2 fully saturated rings. The Morgan fingerprint density at radius 3 is 2.46 bits per heavy atom. The SMILES string of the molecule is CCc1c(N)ncnc1N1CCC(c2nc(-c3ccc(C(F)(F)F)c(F)c3)cn2CCN2CC[C@@H](F)C2)CC1. The molecule has 0 bridgehead atoms. The van der Waals surface area contributed by atoms with Crippen molar-refractivity contribution >= 4 is 11.6 Å². The fourth-order valence-corrected chi connectivity index (χ4v) is 5.59. The standard InChI is InChI=1S/C27H32F5N7/c1-2-20-24(33)34-16-35-26(20)38-9-5-17(6-10-38)25-36-23(15-39(25)12-11-37-8-7-19(28)14-37)18-3-4-21(22(29)13-18)27(30,31)32/h3-4,13,15-17,19H,2,5-12,14H2,1H3,(H2,33,34,35)/t19-/m1/s1. The number of nitrogens with zero attached hydrogens (tertiary/aromatic N) is 6. The van der Waals surface area contributed by atoms with Crippen LogP contribution in [0, 0.1) is 5.82 Å². The summed E-state index contributed by atoms with van der Waals surface area (Å²) in [5, 5.41) is 0. The van der Waals surface area contributed by atoms with Gasteiger partial charge in [0.1, 0.15) is 35.8 Å². The van der Waals surface area contributed by atoms with E-state index in [0.717, 1.165) is 61.7 Å². The van der Waals surface area contributed by atoms with E-state index in [1.165, 1.54) is 12.4 Å². The quantitative estimate of drug-likeness (QED) is 0.415. The molecule has 2 saturated heterocycles. The van der Waals surface area contributed by atoms with E-state index in [4.69, 9.17) is 10.7 Å². The van der Waals surface area contributed by atoms with Crippen molar-refractivity contribution in [2.24, 2.45) is 0 Å². The van der Waals surface area contributed by atoms with Gasteiger partial charge in [0.25, 0.3) is 0 Å². The number of nitrogen functional groups attached to an aromatic ring is 1. The summed E-state index contributed by atoms with van der Waals surface area (Å²) in [5.74, 6) is 0.879. The number of piperidine rings is 1. The van der Waals surface area contributed by atoms with Crippen LogP contribution in [0.3, 0.4) is 0 Å². The Balaban J connectivity index is 1.39. The zero-order chi connectivity index (χ0) is 27.7. The normalized spacial score (nSPS) is 19.2. The molecular weight excluding hydrogens is 517 g/mol. The predicted octanol–water partition coefficient (Wildman–Crippen LogP) is 5.07. The molecule has 12 heteroatoms. The van der Waals surface area contributed by atoms with Gasteiger partial charge in [-0.15, -0.1) is 0 Å². The summed E-state index contributed by atoms with van der Waals surface area (Å²) in [6, 6.07) is 2.90. The first-order chi connectivity index (χ1) is 18.6. The van der Waals surface area contributed by atoms with Crippen LogP contribution in [0.4, 0.5) is 33.6 Å². The summed E-state index contributed by atoms with van der Waals surface area (Å²) in [6.45, 7) is 5.72. The van der Waals surface area contributed by atoms with E-state index < -0.39 is 23.7 Å². The van der Waals surface area contributed by atoms with Crippen molar-refractivity contribution in [3.05, 3.63) is 53.5 Å². The first-order valence-corrected chi connectivity index (χ1v) is 13.3. The minimum absolute atomic E-state index is 0.0889. The summed E-state index contributed by atoms with van der Waals surface area (Å²) < 4.78 is 69.3. The number of likely N-dealkylation sites (tertiary alicyclic amines) is 1. The number of rotatable bonds is 7. The Kier molecular flexibility index (Phi) is 7.75. The van der Waals surface area contributed by atoms with Crippen LogP contribution >= 0.6 is 0 Å². The highest BCUT2D eigenvalue weighted by Crippen LogP contribution is 2.36. The fraction of sp³-hybridized carbons (Fsp3) is 0.519. The van der Waals surface area contributed by atoms with Crippen LogP contribution in [0.1, 0.15) is 49.1 Å². The maximum atomic E-state index is 14.4. The lowest BCUT2D eigenvalue weighted by atomic mass is 9.95. The molecule has 5 rings (SSSR count). The first-order valence-electron chi connectivity index (χ1n) is 13.3. The highest BCUT2D eigenvalue weighted by molar-refractivity contribution is 5.60. The zero-order valence-electron chi connectivity index (χ0n) is 21.8. The van der Waals surface area contributed by atoms with Gasteiger partial charge in [0.15, 0.2) is 0 Å². The molecule has 1 atom stereocenters. The number of alkyl halides is 4. The monoisotopic (exact) mass is 549 g/mol. The minimum Gasteiger partial charge on any atom is -0.383 e. The lowest BCUT2D eigenvalue weighted by molar-refractivity contribution is -0.139. The molecule has 3 aromatic rings. The summed E-state index contributed by atoms with van der Waals surface area (Å²) in [4.78, 5) is 17.6. The number of nitrogens with two attached hydrogens (primary N) is 1. The third-order valence-electron chi connectivity index (χ3n) is 7.72. The first kappa shape index (κ1) is 27.3. The molecule has 210 valence electrons. The van der Waals surface area contributed by atoms with Crippen LogP contribution in [-0.2, 0) is 19.1 Å². The largest absolute Gasteiger partial charge is 0.419 e. The molecule has 0 radical (unpaired) electrons. The lowest BCUT2D eigenvalue weighted by Gasteiger charge is -2.34. The summed E-state index contributed by atoms with van der Waals surface area (Å²) in [6.07, 6.45) is 0.435. The molecule has 0 unspecified atom stereocenters. The molecule has 2 aliphatic rings. The highest BCUT2D eigenvalue weighted by atomic mass is 19.4. The van der Waals surface area contributed by atoms with Crippen LogP contribution in [-0.4, -0.2) is 63.3 Å². The number of hydrogen-bond donors (Lipinski definition) is 1. The molecule has 0 amide bonds. The van der Waals surface area contributed by atoms with E-state index in [2.05, 4.69) is 19.8 Å². The van der Waals surface area contributed by atoms with Gasteiger partial charge in [0.05, 0.1) is 11.3 Å². The topological polar surface area (TPSA) is 76.1 Å². The molecule has 2 N–H and O–H groups in total.